The van der Waals surface area contributed by atoms with Crippen molar-refractivity contribution in [2.75, 3.05) is 0 Å². The molecular weight excluding hydrogens is 280 g/mol. The number of carboxylic acids is 1. The van der Waals surface area contributed by atoms with Crippen LogP contribution in [0.4, 0.5) is 0 Å². The molecule has 1 aromatic carbocycles. The minimum Gasteiger partial charge on any atom is -0.481 e. The number of ketones is 1. The Labute approximate surface area is 132 Å². The molecule has 0 saturated heterocycles. The molecule has 0 bridgehead atoms. The number of ether oxygens (including phenoxy) is 1. The van der Waals surface area contributed by atoms with E-state index in [1.807, 2.05) is 45.9 Å². The number of Topliss-reactive ketones (excluding diaryl/α,β-unsaturated/α-hetero) is 1. The summed E-state index contributed by atoms with van der Waals surface area (Å²) in [6.07, 6.45) is 0.593. The van der Waals surface area contributed by atoms with Gasteiger partial charge in [0.25, 0.3) is 0 Å². The molecule has 0 aliphatic carbocycles. The smallest absolute Gasteiger partial charge is 0.307 e. The largest absolute Gasteiger partial charge is 0.481 e. The molecule has 0 heterocycles. The van der Waals surface area contributed by atoms with Crippen molar-refractivity contribution in [3.8, 4) is 0 Å². The Balaban J connectivity index is 2.77. The normalized spacial score (nSPS) is 12.2. The van der Waals surface area contributed by atoms with Gasteiger partial charge in [-0.1, -0.05) is 38.1 Å². The van der Waals surface area contributed by atoms with Gasteiger partial charge in [-0.15, -0.1) is 0 Å². The van der Waals surface area contributed by atoms with Crippen LogP contribution in [0.3, 0.4) is 0 Å². The van der Waals surface area contributed by atoms with Crippen molar-refractivity contribution in [1.82, 2.24) is 0 Å². The van der Waals surface area contributed by atoms with Gasteiger partial charge in [0.1, 0.15) is 5.78 Å². The average molecular weight is 306 g/mol. The lowest BCUT2D eigenvalue weighted by Gasteiger charge is -2.33. The second-order valence-electron chi connectivity index (χ2n) is 7.00. The third-order valence-corrected chi connectivity index (χ3v) is 3.90. The molecule has 0 aliphatic heterocycles. The Morgan fingerprint density at radius 2 is 1.64 bits per heavy atom. The zero-order chi connectivity index (χ0) is 17.0. The van der Waals surface area contributed by atoms with Crippen molar-refractivity contribution < 1.29 is 19.4 Å². The van der Waals surface area contributed by atoms with Crippen LogP contribution in [0.2, 0.25) is 0 Å². The van der Waals surface area contributed by atoms with Crippen LogP contribution in [0.15, 0.2) is 24.3 Å². The molecule has 1 rings (SSSR count). The first-order chi connectivity index (χ1) is 10.0. The van der Waals surface area contributed by atoms with E-state index in [-0.39, 0.29) is 12.2 Å². The highest BCUT2D eigenvalue weighted by Crippen LogP contribution is 2.31. The average Bonchev–Trinajstić information content (AvgIpc) is 2.35. The van der Waals surface area contributed by atoms with Crippen molar-refractivity contribution in [2.24, 2.45) is 5.41 Å². The third-order valence-electron chi connectivity index (χ3n) is 3.90. The molecule has 0 unspecified atom stereocenters. The third kappa shape index (κ3) is 5.60. The van der Waals surface area contributed by atoms with Crippen molar-refractivity contribution in [3.63, 3.8) is 0 Å². The summed E-state index contributed by atoms with van der Waals surface area (Å²) in [6, 6.07) is 7.38. The molecule has 1 N–H and O–H groups in total. The van der Waals surface area contributed by atoms with E-state index in [9.17, 15) is 9.59 Å². The van der Waals surface area contributed by atoms with Gasteiger partial charge in [0, 0.05) is 5.41 Å². The monoisotopic (exact) mass is 306 g/mol. The maximum Gasteiger partial charge on any atom is 0.307 e. The maximum atomic E-state index is 11.7. The SMILES string of the molecule is CC(=O)C(C)(C)CC(C)(C)OCc1ccccc1CC(=O)O. The number of carboxylic acid groups (broad SMARTS) is 1. The molecule has 22 heavy (non-hydrogen) atoms. The Kier molecular flexibility index (Phi) is 5.89. The second kappa shape index (κ2) is 7.05. The summed E-state index contributed by atoms with van der Waals surface area (Å²) in [5.41, 5.74) is 0.727. The molecule has 0 radical (unpaired) electrons. The van der Waals surface area contributed by atoms with Crippen molar-refractivity contribution in [3.05, 3.63) is 35.4 Å². The number of aliphatic carboxylic acids is 1. The summed E-state index contributed by atoms with van der Waals surface area (Å²) in [4.78, 5) is 22.6. The highest BCUT2D eigenvalue weighted by atomic mass is 16.5. The minimum atomic E-state index is -0.857. The van der Waals surface area contributed by atoms with Crippen LogP contribution in [-0.2, 0) is 27.4 Å². The predicted octanol–water partition coefficient (Wildman–Crippen LogP) is 3.61. The van der Waals surface area contributed by atoms with Gasteiger partial charge in [0.2, 0.25) is 0 Å². The molecule has 0 fully saturated rings. The molecule has 0 aromatic heterocycles. The van der Waals surface area contributed by atoms with Gasteiger partial charge in [-0.25, -0.2) is 0 Å². The summed E-state index contributed by atoms with van der Waals surface area (Å²) >= 11 is 0. The van der Waals surface area contributed by atoms with Crippen LogP contribution >= 0.6 is 0 Å². The first kappa shape index (κ1) is 18.4. The van der Waals surface area contributed by atoms with Gasteiger partial charge in [0.05, 0.1) is 18.6 Å². The van der Waals surface area contributed by atoms with Crippen LogP contribution in [0.5, 0.6) is 0 Å². The van der Waals surface area contributed by atoms with E-state index in [4.69, 9.17) is 9.84 Å². The molecule has 4 nitrogen and oxygen atoms in total. The molecule has 122 valence electrons. The van der Waals surface area contributed by atoms with Crippen molar-refractivity contribution >= 4 is 11.8 Å². The maximum absolute atomic E-state index is 11.7. The van der Waals surface area contributed by atoms with Gasteiger partial charge < -0.3 is 9.84 Å². The summed E-state index contributed by atoms with van der Waals surface area (Å²) in [7, 11) is 0. The lowest BCUT2D eigenvalue weighted by molar-refractivity contribution is -0.136. The Hall–Kier alpha value is -1.68. The van der Waals surface area contributed by atoms with E-state index in [1.54, 1.807) is 13.0 Å². The summed E-state index contributed by atoms with van der Waals surface area (Å²) in [5, 5.41) is 8.96. The number of hydrogen-bond acceptors (Lipinski definition) is 3. The van der Waals surface area contributed by atoms with E-state index in [1.165, 1.54) is 0 Å². The molecule has 1 aromatic rings. The van der Waals surface area contributed by atoms with Gasteiger partial charge in [-0.3, -0.25) is 9.59 Å². The fourth-order valence-electron chi connectivity index (χ4n) is 2.55. The predicted molar refractivity (Wildman–Crippen MR) is 85.7 cm³/mol. The first-order valence-electron chi connectivity index (χ1n) is 7.47. The Morgan fingerprint density at radius 1 is 1.09 bits per heavy atom. The molecule has 0 aliphatic rings. The second-order valence-corrected chi connectivity index (χ2v) is 7.00. The van der Waals surface area contributed by atoms with Crippen LogP contribution in [0, 0.1) is 5.41 Å². The number of benzene rings is 1. The van der Waals surface area contributed by atoms with Crippen LogP contribution in [-0.4, -0.2) is 22.5 Å². The minimum absolute atomic E-state index is 0.0150. The Bertz CT molecular complexity index is 544. The summed E-state index contributed by atoms with van der Waals surface area (Å²) in [6.45, 7) is 9.68. The van der Waals surface area contributed by atoms with Crippen LogP contribution < -0.4 is 0 Å². The zero-order valence-corrected chi connectivity index (χ0v) is 14.1. The van der Waals surface area contributed by atoms with Gasteiger partial charge in [-0.2, -0.15) is 0 Å². The van der Waals surface area contributed by atoms with Gasteiger partial charge >= 0.3 is 5.97 Å². The van der Waals surface area contributed by atoms with Crippen molar-refractivity contribution in [2.45, 2.75) is 59.7 Å². The zero-order valence-electron chi connectivity index (χ0n) is 14.1. The molecule has 0 atom stereocenters. The van der Waals surface area contributed by atoms with E-state index in [0.29, 0.717) is 13.0 Å². The number of carbonyl (C=O) groups is 2. The Morgan fingerprint density at radius 3 is 2.14 bits per heavy atom. The fourth-order valence-corrected chi connectivity index (χ4v) is 2.55. The molecule has 0 spiro atoms. The topological polar surface area (TPSA) is 63.6 Å². The molecule has 0 saturated carbocycles. The van der Waals surface area contributed by atoms with Crippen molar-refractivity contribution in [1.29, 1.82) is 0 Å². The highest BCUT2D eigenvalue weighted by molar-refractivity contribution is 5.81. The number of hydrogen-bond donors (Lipinski definition) is 1. The molecule has 0 amide bonds. The quantitative estimate of drug-likeness (QED) is 0.797. The molecular formula is C18H26O4. The van der Waals surface area contributed by atoms with E-state index in [0.717, 1.165) is 11.1 Å². The number of carbonyl (C=O) groups excluding carboxylic acids is 1. The molecule has 4 heteroatoms. The fraction of sp³-hybridized carbons (Fsp3) is 0.556. The standard InChI is InChI=1S/C18H26O4/c1-13(19)17(2,3)12-18(4,5)22-11-15-9-7-6-8-14(15)10-16(20)21/h6-9H,10-12H2,1-5H3,(H,20,21). The van der Waals surface area contributed by atoms with E-state index >= 15 is 0 Å². The van der Waals surface area contributed by atoms with Gasteiger partial charge in [0.15, 0.2) is 0 Å². The highest BCUT2D eigenvalue weighted by Gasteiger charge is 2.33. The van der Waals surface area contributed by atoms with Gasteiger partial charge in [-0.05, 0) is 38.3 Å². The van der Waals surface area contributed by atoms with Crippen LogP contribution in [0.25, 0.3) is 0 Å². The van der Waals surface area contributed by atoms with E-state index in [2.05, 4.69) is 0 Å². The lowest BCUT2D eigenvalue weighted by atomic mass is 9.79. The summed E-state index contributed by atoms with van der Waals surface area (Å²) < 4.78 is 5.98. The lowest BCUT2D eigenvalue weighted by Crippen LogP contribution is -2.35. The number of rotatable bonds is 8. The first-order valence-corrected chi connectivity index (χ1v) is 7.47. The summed E-state index contributed by atoms with van der Waals surface area (Å²) in [5.74, 6) is -0.722. The van der Waals surface area contributed by atoms with E-state index < -0.39 is 17.0 Å². The van der Waals surface area contributed by atoms with Crippen LogP contribution in [0.1, 0.15) is 52.2 Å².